The summed E-state index contributed by atoms with van der Waals surface area (Å²) in [5, 5.41) is 0. The second kappa shape index (κ2) is 9.32. The minimum absolute atomic E-state index is 0.447. The van der Waals surface area contributed by atoms with Gasteiger partial charge in [0.2, 0.25) is 0 Å². The molecular formula is C20H34OSn. The Morgan fingerprint density at radius 1 is 0.818 bits per heavy atom. The molecule has 2 rings (SSSR count). The number of hydrogen-bond donors (Lipinski definition) is 0. The van der Waals surface area contributed by atoms with Crippen LogP contribution in [0.2, 0.25) is 13.3 Å². The summed E-state index contributed by atoms with van der Waals surface area (Å²) in [6, 6.07) is 11.0. The molecular weight excluding hydrogens is 375 g/mol. The standard InChI is InChI=1S/C8H7O.3C4H9.Sn/c1-2-4-7(5-3-1)8-6-9-8;3*1-3-4-2;/h1-6,8H;3*1,3-4H2,2H3;/t8-;;;;/m1..../s1. The summed E-state index contributed by atoms with van der Waals surface area (Å²) in [7, 11) is 0. The number of ether oxygens (including phenoxy) is 1. The van der Waals surface area contributed by atoms with Gasteiger partial charge >= 0.3 is 142 Å². The van der Waals surface area contributed by atoms with Gasteiger partial charge in [0.25, 0.3) is 0 Å². The van der Waals surface area contributed by atoms with E-state index in [1.54, 1.807) is 13.3 Å². The molecule has 0 amide bonds. The fourth-order valence-electron chi connectivity index (χ4n) is 3.86. The molecule has 1 fully saturated rings. The summed E-state index contributed by atoms with van der Waals surface area (Å²) < 4.78 is 11.7. The Labute approximate surface area is 141 Å². The Morgan fingerprint density at radius 3 is 1.77 bits per heavy atom. The van der Waals surface area contributed by atoms with Gasteiger partial charge in [-0.1, -0.05) is 0 Å². The summed E-state index contributed by atoms with van der Waals surface area (Å²) >= 11 is -2.17. The molecule has 2 atom stereocenters. The molecule has 1 heterocycles. The van der Waals surface area contributed by atoms with Crippen molar-refractivity contribution in [2.75, 3.05) is 0 Å². The number of rotatable bonds is 11. The zero-order chi connectivity index (χ0) is 15.8. The quantitative estimate of drug-likeness (QED) is 0.300. The van der Waals surface area contributed by atoms with Crippen LogP contribution in [0, 0.1) is 0 Å². The van der Waals surface area contributed by atoms with Crippen LogP contribution in [-0.4, -0.2) is 22.5 Å². The van der Waals surface area contributed by atoms with Crippen LogP contribution in [0.1, 0.15) is 71.0 Å². The SMILES string of the molecule is CCC[CH2][Sn]([CH2]CCC)([CH2]CCC)[C@@H]1O[C@H]1c1ccccc1. The Hall–Kier alpha value is -0.0213. The molecule has 1 aliphatic heterocycles. The van der Waals surface area contributed by atoms with Gasteiger partial charge in [0.05, 0.1) is 0 Å². The van der Waals surface area contributed by atoms with Crippen LogP contribution in [-0.2, 0) is 4.74 Å². The van der Waals surface area contributed by atoms with E-state index in [-0.39, 0.29) is 0 Å². The first-order valence-electron chi connectivity index (χ1n) is 9.47. The molecule has 1 nitrogen and oxygen atoms in total. The van der Waals surface area contributed by atoms with Crippen LogP contribution in [0.15, 0.2) is 30.3 Å². The molecule has 0 unspecified atom stereocenters. The summed E-state index contributed by atoms with van der Waals surface area (Å²) in [4.78, 5) is 0. The zero-order valence-corrected chi connectivity index (χ0v) is 17.7. The predicted octanol–water partition coefficient (Wildman–Crippen LogP) is 6.51. The van der Waals surface area contributed by atoms with Crippen molar-refractivity contribution < 1.29 is 4.74 Å². The normalized spacial score (nSPS) is 21.0. The third-order valence-electron chi connectivity index (χ3n) is 5.31. The first-order chi connectivity index (χ1) is 10.8. The van der Waals surface area contributed by atoms with Gasteiger partial charge in [0.1, 0.15) is 0 Å². The maximum absolute atomic E-state index is 6.35. The monoisotopic (exact) mass is 410 g/mol. The van der Waals surface area contributed by atoms with Crippen LogP contribution >= 0.6 is 0 Å². The molecule has 0 aliphatic carbocycles. The fourth-order valence-corrected chi connectivity index (χ4v) is 21.1. The van der Waals surface area contributed by atoms with Crippen molar-refractivity contribution >= 4 is 18.4 Å². The minimum atomic E-state index is -2.17. The molecule has 1 aromatic carbocycles. The molecule has 0 bridgehead atoms. The van der Waals surface area contributed by atoms with Gasteiger partial charge in [-0.2, -0.15) is 0 Å². The molecule has 0 aromatic heterocycles. The van der Waals surface area contributed by atoms with Crippen LogP contribution in [0.5, 0.6) is 0 Å². The van der Waals surface area contributed by atoms with E-state index in [2.05, 4.69) is 51.1 Å². The van der Waals surface area contributed by atoms with Crippen molar-refractivity contribution in [3.05, 3.63) is 35.9 Å². The van der Waals surface area contributed by atoms with Gasteiger partial charge in [0.15, 0.2) is 0 Å². The molecule has 0 saturated carbocycles. The molecule has 0 spiro atoms. The summed E-state index contributed by atoms with van der Waals surface area (Å²) in [6.45, 7) is 7.04. The van der Waals surface area contributed by atoms with Crippen LogP contribution < -0.4 is 0 Å². The van der Waals surface area contributed by atoms with E-state index in [4.69, 9.17) is 4.74 Å². The average molecular weight is 409 g/mol. The Bertz CT molecular complexity index is 395. The number of hydrogen-bond acceptors (Lipinski definition) is 1. The molecule has 0 N–H and O–H groups in total. The second-order valence-electron chi connectivity index (χ2n) is 7.06. The molecule has 22 heavy (non-hydrogen) atoms. The zero-order valence-electron chi connectivity index (χ0n) is 14.8. The summed E-state index contributed by atoms with van der Waals surface area (Å²) in [5.41, 5.74) is 1.43. The summed E-state index contributed by atoms with van der Waals surface area (Å²) in [6.07, 6.45) is 8.79. The van der Waals surface area contributed by atoms with Crippen LogP contribution in [0.4, 0.5) is 0 Å². The maximum atomic E-state index is 6.35. The molecule has 124 valence electrons. The van der Waals surface area contributed by atoms with E-state index in [9.17, 15) is 0 Å². The van der Waals surface area contributed by atoms with Crippen molar-refractivity contribution in [3.8, 4) is 0 Å². The molecule has 1 aliphatic rings. The molecule has 1 saturated heterocycles. The van der Waals surface area contributed by atoms with E-state index in [0.717, 1.165) is 0 Å². The number of unbranched alkanes of at least 4 members (excludes halogenated alkanes) is 3. The first kappa shape index (κ1) is 18.3. The molecule has 1 aromatic rings. The topological polar surface area (TPSA) is 12.5 Å². The van der Waals surface area contributed by atoms with E-state index < -0.39 is 18.4 Å². The van der Waals surface area contributed by atoms with Gasteiger partial charge < -0.3 is 0 Å². The van der Waals surface area contributed by atoms with E-state index >= 15 is 0 Å². The van der Waals surface area contributed by atoms with Crippen molar-refractivity contribution in [3.63, 3.8) is 0 Å². The molecule has 2 heteroatoms. The van der Waals surface area contributed by atoms with Gasteiger partial charge in [-0.15, -0.1) is 0 Å². The van der Waals surface area contributed by atoms with Crippen molar-refractivity contribution in [2.24, 2.45) is 0 Å². The van der Waals surface area contributed by atoms with E-state index in [1.807, 2.05) is 0 Å². The number of epoxide rings is 1. The van der Waals surface area contributed by atoms with Gasteiger partial charge in [-0.25, -0.2) is 0 Å². The predicted molar refractivity (Wildman–Crippen MR) is 99.0 cm³/mol. The third kappa shape index (κ3) is 4.74. The van der Waals surface area contributed by atoms with Crippen molar-refractivity contribution in [2.45, 2.75) is 82.8 Å². The van der Waals surface area contributed by atoms with Crippen LogP contribution in [0.3, 0.4) is 0 Å². The van der Waals surface area contributed by atoms with Gasteiger partial charge in [0, 0.05) is 0 Å². The van der Waals surface area contributed by atoms with Crippen LogP contribution in [0.25, 0.3) is 0 Å². The van der Waals surface area contributed by atoms with Crippen molar-refractivity contribution in [1.82, 2.24) is 0 Å². The molecule has 0 radical (unpaired) electrons. The van der Waals surface area contributed by atoms with Gasteiger partial charge in [-0.3, -0.25) is 0 Å². The van der Waals surface area contributed by atoms with Crippen molar-refractivity contribution in [1.29, 1.82) is 0 Å². The Morgan fingerprint density at radius 2 is 1.32 bits per heavy atom. The third-order valence-corrected chi connectivity index (χ3v) is 21.6. The Kier molecular flexibility index (Phi) is 7.76. The fraction of sp³-hybridized carbons (Fsp3) is 0.700. The summed E-state index contributed by atoms with van der Waals surface area (Å²) in [5.74, 6) is 0. The second-order valence-corrected chi connectivity index (χ2v) is 20.7. The van der Waals surface area contributed by atoms with Gasteiger partial charge in [-0.05, 0) is 0 Å². The van der Waals surface area contributed by atoms with E-state index in [0.29, 0.717) is 10.2 Å². The average Bonchev–Trinajstić information content (AvgIpc) is 3.37. The van der Waals surface area contributed by atoms with E-state index in [1.165, 1.54) is 44.1 Å². The first-order valence-corrected chi connectivity index (χ1v) is 17.2. The Balaban J connectivity index is 2.11. The number of benzene rings is 1.